The molecule has 3 heterocycles. The predicted octanol–water partition coefficient (Wildman–Crippen LogP) is 5.06. The summed E-state index contributed by atoms with van der Waals surface area (Å²) in [6.45, 7) is 14.3. The normalized spacial score (nSPS) is 19.9. The van der Waals surface area contributed by atoms with Crippen LogP contribution in [0.1, 0.15) is 90.7 Å². The first-order valence-corrected chi connectivity index (χ1v) is 16.3. The molecular weight excluding hydrogens is 554 g/mol. The van der Waals surface area contributed by atoms with E-state index in [2.05, 4.69) is 75.3 Å². The molecule has 3 aliphatic rings. The van der Waals surface area contributed by atoms with Gasteiger partial charge in [0.2, 0.25) is 5.36 Å². The van der Waals surface area contributed by atoms with Crippen LogP contribution >= 0.6 is 0 Å². The maximum atomic E-state index is 11.2. The minimum Gasteiger partial charge on any atom is -0.481 e. The minimum absolute atomic E-state index is 0.112. The molecule has 0 fully saturated rings. The standard InChI is InChI=1S/C32H41N3O6S/c1-20-18-31(3,4)34(11-7-8-13-42(38,39)40)26-16-28-24(14-22(20)26)33-25-15-23-21(2)19-32(5,6)35(12-9-10-30(36)37)27(23)17-29(25)41-28/h14-17,19-20H,7-13,18H2,1-6H3,(H-,36,37,38,39,40)/p+1. The van der Waals surface area contributed by atoms with Crippen LogP contribution in [0.15, 0.2) is 35.3 Å². The van der Waals surface area contributed by atoms with Gasteiger partial charge < -0.3 is 14.7 Å². The summed E-state index contributed by atoms with van der Waals surface area (Å²) < 4.78 is 40.4. The SMILES string of the molecule is CC1=CC(C)(C)[N+](CCCC(=O)O)=c2cc3c(cc21)=Nc1cc2c(cc1O3)N(CCCCS(=O)(=O)O)C(C)(C)CC2C. The number of aliphatic carboxylic acids is 1. The molecule has 5 rings (SSSR count). The van der Waals surface area contributed by atoms with Gasteiger partial charge in [-0.05, 0) is 75.3 Å². The molecule has 1 unspecified atom stereocenters. The van der Waals surface area contributed by atoms with E-state index in [4.69, 9.17) is 14.3 Å². The average molecular weight is 597 g/mol. The zero-order valence-corrected chi connectivity index (χ0v) is 26.2. The number of anilines is 1. The number of rotatable bonds is 9. The first-order chi connectivity index (χ1) is 19.6. The molecule has 9 nitrogen and oxygen atoms in total. The van der Waals surface area contributed by atoms with Gasteiger partial charge in [-0.3, -0.25) is 9.35 Å². The molecule has 2 N–H and O–H groups in total. The Morgan fingerprint density at radius 2 is 1.86 bits per heavy atom. The lowest BCUT2D eigenvalue weighted by molar-refractivity contribution is -0.137. The molecule has 0 spiro atoms. The van der Waals surface area contributed by atoms with Crippen LogP contribution in [0.3, 0.4) is 0 Å². The van der Waals surface area contributed by atoms with Gasteiger partial charge in [0.15, 0.2) is 17.0 Å². The molecule has 0 bridgehead atoms. The molecule has 0 radical (unpaired) electrons. The lowest BCUT2D eigenvalue weighted by Crippen LogP contribution is -2.50. The Labute approximate surface area is 248 Å². The summed E-state index contributed by atoms with van der Waals surface area (Å²) in [5, 5.41) is 11.0. The number of carboxylic acids is 1. The number of unbranched alkanes of at least 4 members (excludes halogenated alkanes) is 1. The first-order valence-electron chi connectivity index (χ1n) is 14.7. The fraction of sp³-hybridized carbons (Fsp3) is 0.531. The largest absolute Gasteiger partial charge is 0.481 e. The maximum Gasteiger partial charge on any atom is 0.303 e. The molecule has 0 aliphatic carbocycles. The van der Waals surface area contributed by atoms with Crippen LogP contribution in [-0.4, -0.2) is 54.0 Å². The second kappa shape index (κ2) is 10.8. The first kappa shape index (κ1) is 30.2. The van der Waals surface area contributed by atoms with Gasteiger partial charge >= 0.3 is 5.97 Å². The number of carbonyl (C=O) groups is 1. The Balaban J connectivity index is 1.56. The molecule has 42 heavy (non-hydrogen) atoms. The summed E-state index contributed by atoms with van der Waals surface area (Å²) in [5.41, 5.74) is 4.84. The molecule has 0 saturated heterocycles. The second-order valence-corrected chi connectivity index (χ2v) is 14.7. The highest BCUT2D eigenvalue weighted by molar-refractivity contribution is 7.85. The van der Waals surface area contributed by atoms with Crippen molar-refractivity contribution in [3.05, 3.63) is 52.2 Å². The molecule has 10 heteroatoms. The van der Waals surface area contributed by atoms with Crippen molar-refractivity contribution in [2.45, 2.75) is 90.6 Å². The Kier molecular flexibility index (Phi) is 7.77. The number of nitrogens with zero attached hydrogens (tertiary/aromatic N) is 3. The van der Waals surface area contributed by atoms with Crippen LogP contribution in [0.25, 0.3) is 5.57 Å². The number of hydrogen-bond acceptors (Lipinski definition) is 6. The summed E-state index contributed by atoms with van der Waals surface area (Å²) >= 11 is 0. The fourth-order valence-corrected chi connectivity index (χ4v) is 7.52. The van der Waals surface area contributed by atoms with Crippen molar-refractivity contribution in [3.8, 4) is 11.5 Å². The zero-order chi connectivity index (χ0) is 30.6. The predicted molar refractivity (Wildman–Crippen MR) is 164 cm³/mol. The average Bonchev–Trinajstić information content (AvgIpc) is 2.85. The van der Waals surface area contributed by atoms with E-state index in [-0.39, 0.29) is 23.3 Å². The van der Waals surface area contributed by atoms with Crippen LogP contribution in [0, 0.1) is 0 Å². The van der Waals surface area contributed by atoms with Crippen molar-refractivity contribution in [3.63, 3.8) is 0 Å². The Bertz CT molecular complexity index is 1710. The lowest BCUT2D eigenvalue weighted by atomic mass is 9.79. The van der Waals surface area contributed by atoms with Crippen molar-refractivity contribution in [1.82, 2.24) is 4.58 Å². The highest BCUT2D eigenvalue weighted by Gasteiger charge is 2.38. The summed E-state index contributed by atoms with van der Waals surface area (Å²) in [5.74, 6) is 0.610. The van der Waals surface area contributed by atoms with Gasteiger partial charge in [0.1, 0.15) is 17.6 Å². The maximum absolute atomic E-state index is 11.2. The van der Waals surface area contributed by atoms with Crippen molar-refractivity contribution >= 4 is 33.0 Å². The molecule has 0 amide bonds. The molecule has 2 aromatic carbocycles. The molecule has 1 atom stereocenters. The van der Waals surface area contributed by atoms with Crippen LogP contribution in [0.2, 0.25) is 0 Å². The third kappa shape index (κ3) is 5.97. The van der Waals surface area contributed by atoms with E-state index in [1.807, 2.05) is 6.07 Å². The number of benzene rings is 2. The van der Waals surface area contributed by atoms with Crippen molar-refractivity contribution in [1.29, 1.82) is 0 Å². The molecule has 0 saturated carbocycles. The van der Waals surface area contributed by atoms with E-state index in [1.54, 1.807) is 0 Å². The quantitative estimate of drug-likeness (QED) is 0.201. The second-order valence-electron chi connectivity index (χ2n) is 13.1. The highest BCUT2D eigenvalue weighted by atomic mass is 32.2. The number of ether oxygens (including phenoxy) is 1. The number of allylic oxidation sites excluding steroid dienone is 1. The fourth-order valence-electron chi connectivity index (χ4n) is 6.95. The van der Waals surface area contributed by atoms with Gasteiger partial charge in [-0.15, -0.1) is 0 Å². The van der Waals surface area contributed by atoms with Crippen LogP contribution < -0.4 is 24.9 Å². The molecule has 3 aliphatic heterocycles. The molecule has 226 valence electrons. The van der Waals surface area contributed by atoms with E-state index in [1.165, 1.54) is 5.56 Å². The monoisotopic (exact) mass is 596 g/mol. The van der Waals surface area contributed by atoms with E-state index < -0.39 is 16.1 Å². The zero-order valence-electron chi connectivity index (χ0n) is 25.4. The molecule has 2 aromatic rings. The summed E-state index contributed by atoms with van der Waals surface area (Å²) in [4.78, 5) is 18.6. The smallest absolute Gasteiger partial charge is 0.303 e. The van der Waals surface area contributed by atoms with Crippen molar-refractivity contribution in [2.75, 3.05) is 23.7 Å². The van der Waals surface area contributed by atoms with Gasteiger partial charge in [-0.25, -0.2) is 9.57 Å². The third-order valence-electron chi connectivity index (χ3n) is 8.79. The van der Waals surface area contributed by atoms with Crippen molar-refractivity contribution < 1.29 is 27.6 Å². The summed E-state index contributed by atoms with van der Waals surface area (Å²) in [7, 11) is -3.98. The lowest BCUT2D eigenvalue weighted by Gasteiger charge is -2.48. The van der Waals surface area contributed by atoms with E-state index in [9.17, 15) is 18.3 Å². The minimum atomic E-state index is -3.98. The van der Waals surface area contributed by atoms with Crippen LogP contribution in [0.4, 0.5) is 11.4 Å². The molecular formula is C32H42N3O6S+. The van der Waals surface area contributed by atoms with Gasteiger partial charge in [0.25, 0.3) is 10.1 Å². The van der Waals surface area contributed by atoms with Gasteiger partial charge in [0.05, 0.1) is 23.8 Å². The van der Waals surface area contributed by atoms with Crippen molar-refractivity contribution in [2.24, 2.45) is 4.99 Å². The van der Waals surface area contributed by atoms with E-state index >= 15 is 0 Å². The van der Waals surface area contributed by atoms with E-state index in [0.717, 1.165) is 39.6 Å². The van der Waals surface area contributed by atoms with E-state index in [0.29, 0.717) is 49.8 Å². The number of hydrogen-bond donors (Lipinski definition) is 2. The summed E-state index contributed by atoms with van der Waals surface area (Å²) in [6.07, 6.45) is 4.84. The van der Waals surface area contributed by atoms with Crippen LogP contribution in [-0.2, 0) is 14.9 Å². The topological polar surface area (TPSA) is 120 Å². The Hall–Kier alpha value is -3.24. The Morgan fingerprint density at radius 1 is 1.12 bits per heavy atom. The molecule has 0 aromatic heterocycles. The summed E-state index contributed by atoms with van der Waals surface area (Å²) in [6, 6.07) is 8.31. The van der Waals surface area contributed by atoms with Gasteiger partial charge in [0, 0.05) is 44.1 Å². The van der Waals surface area contributed by atoms with Gasteiger partial charge in [-0.1, -0.05) is 6.92 Å². The highest BCUT2D eigenvalue weighted by Crippen LogP contribution is 2.49. The Morgan fingerprint density at radius 3 is 2.55 bits per heavy atom. The number of fused-ring (bicyclic) bond motifs is 4. The van der Waals surface area contributed by atoms with Gasteiger partial charge in [-0.2, -0.15) is 8.42 Å². The number of carboxylic acid groups (broad SMARTS) is 1. The third-order valence-corrected chi connectivity index (χ3v) is 9.60. The van der Waals surface area contributed by atoms with Crippen LogP contribution in [0.5, 0.6) is 11.5 Å².